The van der Waals surface area contributed by atoms with E-state index in [1.807, 2.05) is 45.0 Å². The molecule has 94 valence electrons. The van der Waals surface area contributed by atoms with E-state index in [1.54, 1.807) is 12.1 Å². The normalized spacial score (nSPS) is 12.8. The van der Waals surface area contributed by atoms with Crippen molar-refractivity contribution in [1.82, 2.24) is 4.90 Å². The molecule has 0 aliphatic heterocycles. The average molecular weight is 235 g/mol. The van der Waals surface area contributed by atoms with Gasteiger partial charge in [-0.25, -0.2) is 0 Å². The number of nitrogens with one attached hydrogen (secondary N) is 1. The molecule has 3 N–H and O–H groups in total. The van der Waals surface area contributed by atoms with Gasteiger partial charge in [-0.1, -0.05) is 19.9 Å². The van der Waals surface area contributed by atoms with Gasteiger partial charge in [0.15, 0.2) is 0 Å². The smallest absolute Gasteiger partial charge is 0.241 e. The molecular weight excluding hydrogens is 214 g/mol. The Morgan fingerprint density at radius 1 is 1.35 bits per heavy atom. The summed E-state index contributed by atoms with van der Waals surface area (Å²) in [5.74, 6) is 0.252. The molecule has 0 bridgehead atoms. The van der Waals surface area contributed by atoms with Gasteiger partial charge in [-0.15, -0.1) is 0 Å². The first-order valence-corrected chi connectivity index (χ1v) is 5.74. The molecule has 1 atom stereocenters. The maximum absolute atomic E-state index is 12.1. The van der Waals surface area contributed by atoms with Crippen molar-refractivity contribution in [3.05, 3.63) is 24.3 Å². The minimum atomic E-state index is -0.142. The molecule has 1 unspecified atom stereocenters. The Morgan fingerprint density at radius 3 is 2.47 bits per heavy atom. The van der Waals surface area contributed by atoms with Crippen LogP contribution in [-0.2, 0) is 4.79 Å². The second-order valence-electron chi connectivity index (χ2n) is 4.77. The zero-order valence-corrected chi connectivity index (χ0v) is 10.9. The summed E-state index contributed by atoms with van der Waals surface area (Å²) in [6.45, 7) is 4.06. The SMILES string of the molecule is CC(C)C(C(=O)Nc1cccc(N)c1)N(C)C. The van der Waals surface area contributed by atoms with Crippen molar-refractivity contribution in [2.45, 2.75) is 19.9 Å². The van der Waals surface area contributed by atoms with Gasteiger partial charge in [-0.3, -0.25) is 9.69 Å². The van der Waals surface area contributed by atoms with Crippen LogP contribution in [0.15, 0.2) is 24.3 Å². The molecule has 1 rings (SSSR count). The zero-order chi connectivity index (χ0) is 13.0. The molecule has 0 aromatic heterocycles. The van der Waals surface area contributed by atoms with Crippen LogP contribution in [-0.4, -0.2) is 30.9 Å². The van der Waals surface area contributed by atoms with E-state index < -0.39 is 0 Å². The standard InChI is InChI=1S/C13H21N3O/c1-9(2)12(16(3)4)13(17)15-11-7-5-6-10(14)8-11/h5-9,12H,14H2,1-4H3,(H,15,17). The fourth-order valence-electron chi connectivity index (χ4n) is 1.97. The van der Waals surface area contributed by atoms with Gasteiger partial charge in [0.05, 0.1) is 6.04 Å². The van der Waals surface area contributed by atoms with E-state index in [1.165, 1.54) is 0 Å². The van der Waals surface area contributed by atoms with E-state index in [4.69, 9.17) is 5.73 Å². The molecule has 4 heteroatoms. The molecule has 0 aliphatic carbocycles. The summed E-state index contributed by atoms with van der Waals surface area (Å²) in [5, 5.41) is 2.88. The van der Waals surface area contributed by atoms with Gasteiger partial charge in [0.2, 0.25) is 5.91 Å². The van der Waals surface area contributed by atoms with Crippen molar-refractivity contribution in [1.29, 1.82) is 0 Å². The Balaban J connectivity index is 2.77. The second kappa shape index (κ2) is 5.68. The van der Waals surface area contributed by atoms with E-state index in [2.05, 4.69) is 5.32 Å². The van der Waals surface area contributed by atoms with Gasteiger partial charge in [0, 0.05) is 11.4 Å². The summed E-state index contributed by atoms with van der Waals surface area (Å²) in [7, 11) is 3.81. The number of anilines is 2. The first kappa shape index (κ1) is 13.5. The number of carbonyl (C=O) groups excluding carboxylic acids is 1. The third kappa shape index (κ3) is 3.75. The number of carbonyl (C=O) groups is 1. The molecule has 1 aromatic carbocycles. The van der Waals surface area contributed by atoms with Crippen molar-refractivity contribution in [2.75, 3.05) is 25.1 Å². The van der Waals surface area contributed by atoms with Crippen LogP contribution in [0.2, 0.25) is 0 Å². The van der Waals surface area contributed by atoms with Crippen molar-refractivity contribution < 1.29 is 4.79 Å². The topological polar surface area (TPSA) is 58.4 Å². The number of hydrogen-bond acceptors (Lipinski definition) is 3. The molecule has 0 heterocycles. The molecule has 0 aliphatic rings. The van der Waals surface area contributed by atoms with Crippen molar-refractivity contribution in [3.63, 3.8) is 0 Å². The van der Waals surface area contributed by atoms with Gasteiger partial charge in [-0.2, -0.15) is 0 Å². The van der Waals surface area contributed by atoms with E-state index in [0.29, 0.717) is 5.69 Å². The summed E-state index contributed by atoms with van der Waals surface area (Å²) in [6.07, 6.45) is 0. The zero-order valence-electron chi connectivity index (χ0n) is 10.9. The van der Waals surface area contributed by atoms with E-state index in [9.17, 15) is 4.79 Å². The van der Waals surface area contributed by atoms with Crippen LogP contribution < -0.4 is 11.1 Å². The summed E-state index contributed by atoms with van der Waals surface area (Å²) in [5.41, 5.74) is 7.05. The number of nitrogens with zero attached hydrogens (tertiary/aromatic N) is 1. The number of benzene rings is 1. The van der Waals surface area contributed by atoms with Gasteiger partial charge in [-0.05, 0) is 38.2 Å². The lowest BCUT2D eigenvalue weighted by atomic mass is 10.0. The third-order valence-electron chi connectivity index (χ3n) is 2.61. The van der Waals surface area contributed by atoms with Gasteiger partial charge < -0.3 is 11.1 Å². The Kier molecular flexibility index (Phi) is 4.52. The molecule has 1 amide bonds. The van der Waals surface area contributed by atoms with Crippen LogP contribution in [0.4, 0.5) is 11.4 Å². The molecule has 0 radical (unpaired) electrons. The Bertz CT molecular complexity index is 380. The molecule has 0 spiro atoms. The van der Waals surface area contributed by atoms with Gasteiger partial charge in [0.1, 0.15) is 0 Å². The number of hydrogen-bond donors (Lipinski definition) is 2. The lowest BCUT2D eigenvalue weighted by molar-refractivity contribution is -0.121. The molecule has 4 nitrogen and oxygen atoms in total. The highest BCUT2D eigenvalue weighted by Gasteiger charge is 2.24. The van der Waals surface area contributed by atoms with Crippen LogP contribution in [0, 0.1) is 5.92 Å². The predicted octanol–water partition coefficient (Wildman–Crippen LogP) is 1.79. The molecule has 17 heavy (non-hydrogen) atoms. The minimum absolute atomic E-state index is 0.00407. The number of nitrogen functional groups attached to an aromatic ring is 1. The maximum atomic E-state index is 12.1. The first-order chi connectivity index (χ1) is 7.91. The number of rotatable bonds is 4. The largest absolute Gasteiger partial charge is 0.399 e. The van der Waals surface area contributed by atoms with Crippen molar-refractivity contribution in [2.24, 2.45) is 5.92 Å². The monoisotopic (exact) mass is 235 g/mol. The van der Waals surface area contributed by atoms with Gasteiger partial charge in [0.25, 0.3) is 0 Å². The van der Waals surface area contributed by atoms with Crippen LogP contribution in [0.3, 0.4) is 0 Å². The summed E-state index contributed by atoms with van der Waals surface area (Å²) < 4.78 is 0. The summed E-state index contributed by atoms with van der Waals surface area (Å²) >= 11 is 0. The van der Waals surface area contributed by atoms with Crippen LogP contribution >= 0.6 is 0 Å². The summed E-state index contributed by atoms with van der Waals surface area (Å²) in [4.78, 5) is 14.0. The number of nitrogens with two attached hydrogens (primary N) is 1. The predicted molar refractivity (Wildman–Crippen MR) is 71.8 cm³/mol. The van der Waals surface area contributed by atoms with Crippen molar-refractivity contribution in [3.8, 4) is 0 Å². The highest BCUT2D eigenvalue weighted by molar-refractivity contribution is 5.95. The highest BCUT2D eigenvalue weighted by Crippen LogP contribution is 2.15. The van der Waals surface area contributed by atoms with Crippen LogP contribution in [0.5, 0.6) is 0 Å². The number of amides is 1. The molecular formula is C13H21N3O. The summed E-state index contributed by atoms with van der Waals surface area (Å²) in [6, 6.07) is 7.06. The van der Waals surface area contributed by atoms with E-state index in [-0.39, 0.29) is 17.9 Å². The Hall–Kier alpha value is -1.55. The molecule has 0 saturated carbocycles. The lowest BCUT2D eigenvalue weighted by Gasteiger charge is -2.26. The Morgan fingerprint density at radius 2 is 2.00 bits per heavy atom. The van der Waals surface area contributed by atoms with Gasteiger partial charge >= 0.3 is 0 Å². The fourth-order valence-corrected chi connectivity index (χ4v) is 1.97. The van der Waals surface area contributed by atoms with E-state index in [0.717, 1.165) is 5.69 Å². The minimum Gasteiger partial charge on any atom is -0.399 e. The van der Waals surface area contributed by atoms with Crippen molar-refractivity contribution >= 4 is 17.3 Å². The van der Waals surface area contributed by atoms with E-state index >= 15 is 0 Å². The molecule has 0 fully saturated rings. The van der Waals surface area contributed by atoms with Crippen LogP contribution in [0.1, 0.15) is 13.8 Å². The lowest BCUT2D eigenvalue weighted by Crippen LogP contribution is -2.43. The highest BCUT2D eigenvalue weighted by atomic mass is 16.2. The van der Waals surface area contributed by atoms with Crippen LogP contribution in [0.25, 0.3) is 0 Å². The maximum Gasteiger partial charge on any atom is 0.241 e. The molecule has 0 saturated heterocycles. The second-order valence-corrected chi connectivity index (χ2v) is 4.77. The third-order valence-corrected chi connectivity index (χ3v) is 2.61. The average Bonchev–Trinajstić information content (AvgIpc) is 2.15. The number of likely N-dealkylation sites (N-methyl/N-ethyl adjacent to an activating group) is 1. The Labute approximate surface area is 103 Å². The molecule has 1 aromatic rings. The fraction of sp³-hybridized carbons (Fsp3) is 0.462. The first-order valence-electron chi connectivity index (χ1n) is 5.74. The quantitative estimate of drug-likeness (QED) is 0.782.